The molecule has 0 spiro atoms. The van der Waals surface area contributed by atoms with Crippen molar-refractivity contribution in [3.63, 3.8) is 0 Å². The number of allylic oxidation sites excluding steroid dienone is 8. The Kier molecular flexibility index (Phi) is 10.3. The van der Waals surface area contributed by atoms with Gasteiger partial charge in [-0.15, -0.1) is 12.8 Å². The Morgan fingerprint density at radius 3 is 2.00 bits per heavy atom. The summed E-state index contributed by atoms with van der Waals surface area (Å²) in [7, 11) is 0. The van der Waals surface area contributed by atoms with Crippen LogP contribution in [0, 0.1) is 12.2 Å². The Labute approximate surface area is 100 Å². The average molecular weight is 273 g/mol. The molecule has 0 saturated carbocycles. The van der Waals surface area contributed by atoms with Gasteiger partial charge in [-0.2, -0.15) is 12.2 Å². The molecule has 0 bridgehead atoms. The number of hydrogen-bond donors (Lipinski definition) is 0. The Bertz CT molecular complexity index is 197. The largest absolute Gasteiger partial charge is 2.00 e. The van der Waals surface area contributed by atoms with E-state index in [-0.39, 0.29) is 19.5 Å². The average Bonchev–Trinajstić information content (AvgIpc) is 2.53. The smallest absolute Gasteiger partial charge is 0.275 e. The quantitative estimate of drug-likeness (QED) is 0.465. The first kappa shape index (κ1) is 13.6. The van der Waals surface area contributed by atoms with Gasteiger partial charge in [0.2, 0.25) is 0 Å². The maximum absolute atomic E-state index is 3.14. The molecule has 2 aliphatic rings. The molecule has 0 heterocycles. The summed E-state index contributed by atoms with van der Waals surface area (Å²) in [5.41, 5.74) is 0. The van der Waals surface area contributed by atoms with Crippen LogP contribution in [0.3, 0.4) is 0 Å². The monoisotopic (exact) mass is 274 g/mol. The minimum atomic E-state index is 0. The molecule has 14 heavy (non-hydrogen) atoms. The van der Waals surface area contributed by atoms with E-state index in [1.165, 1.54) is 19.3 Å². The van der Waals surface area contributed by atoms with Gasteiger partial charge in [0.05, 0.1) is 0 Å². The van der Waals surface area contributed by atoms with Crippen LogP contribution < -0.4 is 0 Å². The van der Waals surface area contributed by atoms with E-state index in [1.54, 1.807) is 0 Å². The van der Waals surface area contributed by atoms with Gasteiger partial charge in [0.25, 0.3) is 0 Å². The van der Waals surface area contributed by atoms with Crippen LogP contribution in [0.1, 0.15) is 32.1 Å². The van der Waals surface area contributed by atoms with Gasteiger partial charge in [-0.3, -0.25) is 12.2 Å². The van der Waals surface area contributed by atoms with Gasteiger partial charge in [-0.25, -0.2) is 24.3 Å². The first-order valence-electron chi connectivity index (χ1n) is 4.93. The van der Waals surface area contributed by atoms with Gasteiger partial charge in [0.15, 0.2) is 0 Å². The number of hydrogen-bond acceptors (Lipinski definition) is 0. The molecule has 0 saturated heterocycles. The van der Waals surface area contributed by atoms with E-state index in [0.29, 0.717) is 0 Å². The van der Waals surface area contributed by atoms with E-state index in [9.17, 15) is 0 Å². The molecule has 0 aromatic heterocycles. The Morgan fingerprint density at radius 1 is 0.786 bits per heavy atom. The molecule has 0 aromatic rings. The molecule has 0 fully saturated rings. The van der Waals surface area contributed by atoms with Crippen molar-refractivity contribution in [2.75, 3.05) is 0 Å². The van der Waals surface area contributed by atoms with Crippen molar-refractivity contribution in [3.8, 4) is 0 Å². The fourth-order valence-electron chi connectivity index (χ4n) is 1.12. The third kappa shape index (κ3) is 8.19. The van der Waals surface area contributed by atoms with Crippen LogP contribution in [0.15, 0.2) is 36.5 Å². The van der Waals surface area contributed by atoms with Gasteiger partial charge in [-0.1, -0.05) is 19.3 Å². The SMILES string of the molecule is [C-]1=CC=CCC1.[C-]1=CC=CCCC1.[Ru+2]. The predicted molar refractivity (Wildman–Crippen MR) is 57.0 cm³/mol. The first-order chi connectivity index (χ1) is 6.50. The summed E-state index contributed by atoms with van der Waals surface area (Å²) in [6, 6.07) is 0. The molecule has 0 aromatic carbocycles. The van der Waals surface area contributed by atoms with Crippen molar-refractivity contribution in [1.29, 1.82) is 0 Å². The normalized spacial score (nSPS) is 17.7. The van der Waals surface area contributed by atoms with Crippen LogP contribution in [0.25, 0.3) is 0 Å². The van der Waals surface area contributed by atoms with Gasteiger partial charge < -0.3 is 0 Å². The minimum absolute atomic E-state index is 0. The maximum Gasteiger partial charge on any atom is 2.00 e. The van der Waals surface area contributed by atoms with Crippen molar-refractivity contribution < 1.29 is 19.5 Å². The van der Waals surface area contributed by atoms with Crippen LogP contribution in [-0.4, -0.2) is 0 Å². The Hall–Kier alpha value is -0.417. The third-order valence-electron chi connectivity index (χ3n) is 1.85. The van der Waals surface area contributed by atoms with Crippen LogP contribution in [0.5, 0.6) is 0 Å². The second kappa shape index (κ2) is 10.7. The molecule has 0 atom stereocenters. The van der Waals surface area contributed by atoms with Crippen molar-refractivity contribution >= 4 is 0 Å². The predicted octanol–water partition coefficient (Wildman–Crippen LogP) is 3.78. The van der Waals surface area contributed by atoms with Gasteiger partial charge >= 0.3 is 19.5 Å². The molecule has 0 amide bonds. The summed E-state index contributed by atoms with van der Waals surface area (Å²) in [4.78, 5) is 0. The molecular formula is C13H16Ru. The van der Waals surface area contributed by atoms with Crippen molar-refractivity contribution in [2.45, 2.75) is 32.1 Å². The van der Waals surface area contributed by atoms with Crippen LogP contribution in [0.4, 0.5) is 0 Å². The summed E-state index contributed by atoms with van der Waals surface area (Å²) in [6.07, 6.45) is 24.5. The summed E-state index contributed by atoms with van der Waals surface area (Å²) in [5, 5.41) is 0. The van der Waals surface area contributed by atoms with Gasteiger partial charge in [-0.05, 0) is 0 Å². The fraction of sp³-hybridized carbons (Fsp3) is 0.385. The number of rotatable bonds is 0. The molecule has 0 radical (unpaired) electrons. The summed E-state index contributed by atoms with van der Waals surface area (Å²) in [5.74, 6) is 0. The maximum atomic E-state index is 3.14. The van der Waals surface area contributed by atoms with E-state index in [1.807, 2.05) is 18.2 Å². The first-order valence-corrected chi connectivity index (χ1v) is 4.93. The second-order valence-corrected chi connectivity index (χ2v) is 3.03. The zero-order chi connectivity index (χ0) is 9.19. The van der Waals surface area contributed by atoms with Gasteiger partial charge in [0, 0.05) is 0 Å². The molecule has 0 nitrogen and oxygen atoms in total. The van der Waals surface area contributed by atoms with Crippen molar-refractivity contribution in [1.82, 2.24) is 0 Å². The third-order valence-corrected chi connectivity index (χ3v) is 1.85. The van der Waals surface area contributed by atoms with Crippen LogP contribution >= 0.6 is 0 Å². The molecule has 76 valence electrons. The summed E-state index contributed by atoms with van der Waals surface area (Å²) >= 11 is 0. The molecule has 0 aliphatic heterocycles. The summed E-state index contributed by atoms with van der Waals surface area (Å²) in [6.45, 7) is 0. The van der Waals surface area contributed by atoms with E-state index < -0.39 is 0 Å². The van der Waals surface area contributed by atoms with E-state index in [4.69, 9.17) is 0 Å². The van der Waals surface area contributed by atoms with Crippen molar-refractivity contribution in [3.05, 3.63) is 48.6 Å². The van der Waals surface area contributed by atoms with E-state index in [2.05, 4.69) is 30.4 Å². The molecule has 0 N–H and O–H groups in total. The van der Waals surface area contributed by atoms with E-state index in [0.717, 1.165) is 12.8 Å². The standard InChI is InChI=1S/C7H9.C6H7.Ru/c1-2-4-6-7-5-3-1;1-2-4-6-5-3-1;/h1-3H,4,6-7H2;1-3H,4,6H2;/q2*-1;+2. The van der Waals surface area contributed by atoms with Crippen molar-refractivity contribution in [2.24, 2.45) is 0 Å². The van der Waals surface area contributed by atoms with Crippen LogP contribution in [0.2, 0.25) is 0 Å². The molecule has 0 unspecified atom stereocenters. The van der Waals surface area contributed by atoms with E-state index >= 15 is 0 Å². The second-order valence-electron chi connectivity index (χ2n) is 3.03. The Morgan fingerprint density at radius 2 is 1.43 bits per heavy atom. The molecule has 2 aliphatic carbocycles. The summed E-state index contributed by atoms with van der Waals surface area (Å²) < 4.78 is 0. The van der Waals surface area contributed by atoms with Crippen LogP contribution in [-0.2, 0) is 19.5 Å². The fourth-order valence-corrected chi connectivity index (χ4v) is 1.12. The Balaban J connectivity index is 0.000000227. The topological polar surface area (TPSA) is 0 Å². The molecule has 2 rings (SSSR count). The molecule has 1 heteroatoms. The minimum Gasteiger partial charge on any atom is -0.275 e. The zero-order valence-electron chi connectivity index (χ0n) is 8.35. The molecular weight excluding hydrogens is 257 g/mol. The zero-order valence-corrected chi connectivity index (χ0v) is 10.1. The van der Waals surface area contributed by atoms with Gasteiger partial charge in [0.1, 0.15) is 0 Å².